The lowest BCUT2D eigenvalue weighted by Gasteiger charge is -2.42. The van der Waals surface area contributed by atoms with Gasteiger partial charge >= 0.3 is 6.09 Å². The molecule has 5 heteroatoms. The van der Waals surface area contributed by atoms with Crippen molar-refractivity contribution >= 4 is 6.09 Å². The predicted molar refractivity (Wildman–Crippen MR) is 57.0 cm³/mol. The molecule has 2 heterocycles. The Labute approximate surface area is 90.0 Å². The Hall–Kier alpha value is -0.810. The molecule has 86 valence electrons. The molecule has 0 radical (unpaired) electrons. The van der Waals surface area contributed by atoms with Crippen LogP contribution < -0.4 is 5.32 Å². The summed E-state index contributed by atoms with van der Waals surface area (Å²) in [5, 5.41) is 12.1. The fourth-order valence-electron chi connectivity index (χ4n) is 2.25. The first-order chi connectivity index (χ1) is 7.16. The Morgan fingerprint density at radius 1 is 1.47 bits per heavy atom. The molecule has 5 nitrogen and oxygen atoms in total. The largest absolute Gasteiger partial charge is 0.465 e. The van der Waals surface area contributed by atoms with Crippen LogP contribution in [0.5, 0.6) is 0 Å². The highest BCUT2D eigenvalue weighted by atomic mass is 16.4. The zero-order valence-corrected chi connectivity index (χ0v) is 9.15. The first-order valence-corrected chi connectivity index (χ1v) is 5.59. The summed E-state index contributed by atoms with van der Waals surface area (Å²) in [5.41, 5.74) is 0. The van der Waals surface area contributed by atoms with Crippen LogP contribution in [0.1, 0.15) is 6.92 Å². The van der Waals surface area contributed by atoms with E-state index in [1.54, 1.807) is 0 Å². The van der Waals surface area contributed by atoms with Gasteiger partial charge in [-0.3, -0.25) is 4.90 Å². The molecule has 0 aliphatic carbocycles. The van der Waals surface area contributed by atoms with Crippen molar-refractivity contribution in [2.75, 3.05) is 39.3 Å². The number of nitrogens with zero attached hydrogens (tertiary/aromatic N) is 2. The summed E-state index contributed by atoms with van der Waals surface area (Å²) in [7, 11) is 0. The van der Waals surface area contributed by atoms with Crippen LogP contribution in [0.2, 0.25) is 0 Å². The highest BCUT2D eigenvalue weighted by Gasteiger charge is 2.29. The van der Waals surface area contributed by atoms with Gasteiger partial charge in [0.1, 0.15) is 0 Å². The van der Waals surface area contributed by atoms with Crippen LogP contribution in [-0.2, 0) is 0 Å². The molecule has 1 amide bonds. The molecule has 1 atom stereocenters. The third kappa shape index (κ3) is 2.41. The van der Waals surface area contributed by atoms with Crippen LogP contribution in [0.4, 0.5) is 4.79 Å². The number of hydrogen-bond donors (Lipinski definition) is 2. The maximum Gasteiger partial charge on any atom is 0.407 e. The highest BCUT2D eigenvalue weighted by Crippen LogP contribution is 2.13. The molecule has 0 bridgehead atoms. The average molecular weight is 213 g/mol. The van der Waals surface area contributed by atoms with E-state index in [4.69, 9.17) is 5.11 Å². The van der Waals surface area contributed by atoms with E-state index in [0.29, 0.717) is 19.1 Å². The monoisotopic (exact) mass is 213 g/mol. The first-order valence-electron chi connectivity index (χ1n) is 5.59. The van der Waals surface area contributed by atoms with Crippen LogP contribution >= 0.6 is 0 Å². The maximum atomic E-state index is 10.8. The van der Waals surface area contributed by atoms with Gasteiger partial charge in [-0.2, -0.15) is 0 Å². The number of piperazine rings is 1. The molecule has 0 saturated carbocycles. The van der Waals surface area contributed by atoms with Crippen LogP contribution in [0.3, 0.4) is 0 Å². The molecule has 2 aliphatic heterocycles. The van der Waals surface area contributed by atoms with Gasteiger partial charge in [-0.05, 0) is 12.8 Å². The Morgan fingerprint density at radius 2 is 2.20 bits per heavy atom. The lowest BCUT2D eigenvalue weighted by molar-refractivity contribution is 0.0598. The van der Waals surface area contributed by atoms with E-state index in [-0.39, 0.29) is 0 Å². The lowest BCUT2D eigenvalue weighted by Crippen LogP contribution is -2.57. The van der Waals surface area contributed by atoms with Crippen molar-refractivity contribution in [2.24, 2.45) is 5.92 Å². The summed E-state index contributed by atoms with van der Waals surface area (Å²) in [5.74, 6) is 0.767. The summed E-state index contributed by atoms with van der Waals surface area (Å²) in [6.07, 6.45) is -0.785. The number of nitrogens with one attached hydrogen (secondary N) is 1. The number of carboxylic acid groups (broad SMARTS) is 1. The molecule has 0 spiro atoms. The van der Waals surface area contributed by atoms with Crippen molar-refractivity contribution in [1.82, 2.24) is 15.1 Å². The van der Waals surface area contributed by atoms with E-state index < -0.39 is 6.09 Å². The molecule has 2 saturated heterocycles. The fraction of sp³-hybridized carbons (Fsp3) is 0.900. The van der Waals surface area contributed by atoms with E-state index in [1.165, 1.54) is 4.90 Å². The van der Waals surface area contributed by atoms with Gasteiger partial charge in [-0.15, -0.1) is 0 Å². The molecule has 2 fully saturated rings. The number of amides is 1. The molecule has 0 aromatic heterocycles. The minimum absolute atomic E-state index is 0.357. The van der Waals surface area contributed by atoms with Gasteiger partial charge in [-0.25, -0.2) is 4.79 Å². The molecule has 0 aromatic carbocycles. The van der Waals surface area contributed by atoms with Crippen LogP contribution in [-0.4, -0.2) is 66.3 Å². The van der Waals surface area contributed by atoms with Gasteiger partial charge in [0.25, 0.3) is 0 Å². The smallest absolute Gasteiger partial charge is 0.407 e. The third-order valence-electron chi connectivity index (χ3n) is 3.39. The van der Waals surface area contributed by atoms with Gasteiger partial charge in [-0.1, -0.05) is 0 Å². The molecule has 2 N–H and O–H groups in total. The summed E-state index contributed by atoms with van der Waals surface area (Å²) >= 11 is 0. The Bertz CT molecular complexity index is 243. The predicted octanol–water partition coefficient (Wildman–Crippen LogP) is -0.110. The van der Waals surface area contributed by atoms with Crippen LogP contribution in [0, 0.1) is 5.92 Å². The second kappa shape index (κ2) is 4.37. The Kier molecular flexibility index (Phi) is 3.11. The molecular formula is C10H19N3O2. The van der Waals surface area contributed by atoms with Crippen LogP contribution in [0.15, 0.2) is 0 Å². The normalized spacial score (nSPS) is 28.9. The third-order valence-corrected chi connectivity index (χ3v) is 3.39. The average Bonchev–Trinajstić information content (AvgIpc) is 2.12. The van der Waals surface area contributed by atoms with E-state index in [2.05, 4.69) is 17.1 Å². The minimum atomic E-state index is -0.785. The lowest BCUT2D eigenvalue weighted by atomic mass is 10.0. The van der Waals surface area contributed by atoms with Gasteiger partial charge in [0.15, 0.2) is 0 Å². The second-order valence-corrected chi connectivity index (χ2v) is 4.60. The zero-order valence-electron chi connectivity index (χ0n) is 9.15. The summed E-state index contributed by atoms with van der Waals surface area (Å²) in [6.45, 7) is 7.64. The summed E-state index contributed by atoms with van der Waals surface area (Å²) < 4.78 is 0. The SMILES string of the molecule is C[C@H]1CN(C(=O)O)CCN1CC1CNC1. The second-order valence-electron chi connectivity index (χ2n) is 4.60. The minimum Gasteiger partial charge on any atom is -0.465 e. The van der Waals surface area contributed by atoms with Gasteiger partial charge in [0.2, 0.25) is 0 Å². The van der Waals surface area contributed by atoms with E-state index in [9.17, 15) is 4.79 Å². The topological polar surface area (TPSA) is 55.8 Å². The summed E-state index contributed by atoms with van der Waals surface area (Å²) in [4.78, 5) is 14.7. The van der Waals surface area contributed by atoms with E-state index in [0.717, 1.165) is 32.1 Å². The van der Waals surface area contributed by atoms with Crippen molar-refractivity contribution < 1.29 is 9.90 Å². The van der Waals surface area contributed by atoms with Crippen molar-refractivity contribution in [3.8, 4) is 0 Å². The van der Waals surface area contributed by atoms with Crippen molar-refractivity contribution in [1.29, 1.82) is 0 Å². The highest BCUT2D eigenvalue weighted by molar-refractivity contribution is 5.65. The van der Waals surface area contributed by atoms with Crippen molar-refractivity contribution in [2.45, 2.75) is 13.0 Å². The Morgan fingerprint density at radius 3 is 2.67 bits per heavy atom. The summed E-state index contributed by atoms with van der Waals surface area (Å²) in [6, 6.07) is 0.357. The van der Waals surface area contributed by atoms with E-state index >= 15 is 0 Å². The molecule has 0 unspecified atom stereocenters. The zero-order chi connectivity index (χ0) is 10.8. The van der Waals surface area contributed by atoms with Crippen LogP contribution in [0.25, 0.3) is 0 Å². The number of carbonyl (C=O) groups is 1. The van der Waals surface area contributed by atoms with E-state index in [1.807, 2.05) is 0 Å². The maximum absolute atomic E-state index is 10.8. The van der Waals surface area contributed by atoms with Crippen molar-refractivity contribution in [3.63, 3.8) is 0 Å². The van der Waals surface area contributed by atoms with Crippen molar-refractivity contribution in [3.05, 3.63) is 0 Å². The molecular weight excluding hydrogens is 194 g/mol. The molecule has 2 aliphatic rings. The quantitative estimate of drug-likeness (QED) is 0.672. The standard InChI is InChI=1S/C10H19N3O2/c1-8-6-13(10(14)15)3-2-12(8)7-9-4-11-5-9/h8-9,11H,2-7H2,1H3,(H,14,15)/t8-/m0/s1. The first kappa shape index (κ1) is 10.7. The number of rotatable bonds is 2. The fourth-order valence-corrected chi connectivity index (χ4v) is 2.25. The van der Waals surface area contributed by atoms with Gasteiger partial charge in [0.05, 0.1) is 0 Å². The molecule has 15 heavy (non-hydrogen) atoms. The molecule has 2 rings (SSSR count). The van der Waals surface area contributed by atoms with Gasteiger partial charge < -0.3 is 15.3 Å². The molecule has 0 aromatic rings. The number of hydrogen-bond acceptors (Lipinski definition) is 3. The Balaban J connectivity index is 1.80. The van der Waals surface area contributed by atoms with Gasteiger partial charge in [0, 0.05) is 45.3 Å².